The first kappa shape index (κ1) is 61.0. The van der Waals surface area contributed by atoms with Gasteiger partial charge in [-0.3, -0.25) is 29.2 Å². The lowest BCUT2D eigenvalue weighted by atomic mass is 9.65. The summed E-state index contributed by atoms with van der Waals surface area (Å²) in [6.45, 7) is 27.3. The number of rotatable bonds is 10. The molecule has 10 rings (SSSR count). The molecular weight excluding hydrogens is 1020 g/mol. The minimum Gasteiger partial charge on any atom is -0.508 e. The van der Waals surface area contributed by atoms with Crippen molar-refractivity contribution in [1.82, 2.24) is 9.97 Å². The SMILES string of the molecule is C.CC1=CC(=O)C(C(C)C)=CC1(O)C(C1=NCCc2c1[nH]c1cc(C)ccc21)C1=C(C)C(=O)C=C(C(C)C)C1=O.CC1=CC(=O)C(C(C)C)=CC1(O)C(C1=NCCc2c1[nH]c1cc(C)ccc21)c1c(C)c(O)cc(C(C)C)c1O.O=O. The predicted molar refractivity (Wildman–Crippen MR) is 323 cm³/mol. The number of benzene rings is 3. The molecule has 0 radical (unpaired) electrons. The molecule has 0 amide bonds. The molecule has 0 saturated carbocycles. The highest BCUT2D eigenvalue weighted by Gasteiger charge is 2.51. The first-order valence-corrected chi connectivity index (χ1v) is 27.6. The van der Waals surface area contributed by atoms with Gasteiger partial charge < -0.3 is 30.4 Å². The van der Waals surface area contributed by atoms with E-state index in [1.165, 1.54) is 18.2 Å². The fourth-order valence-corrected chi connectivity index (χ4v) is 12.3. The number of carbonyl (C=O) groups excluding carboxylic acids is 4. The lowest BCUT2D eigenvalue weighted by Crippen LogP contribution is -2.49. The molecule has 14 heteroatoms. The molecular formula is C67H78N4O10. The van der Waals surface area contributed by atoms with Gasteiger partial charge in [0, 0.05) is 83.8 Å². The average molecular weight is 1100 g/mol. The summed E-state index contributed by atoms with van der Waals surface area (Å²) in [7, 11) is 0. The summed E-state index contributed by atoms with van der Waals surface area (Å²) in [6.07, 6.45) is 9.11. The second-order valence-electron chi connectivity index (χ2n) is 23.5. The smallest absolute Gasteiger partial charge is 0.186 e. The maximum atomic E-state index is 14.1. The van der Waals surface area contributed by atoms with E-state index in [0.717, 1.165) is 68.3 Å². The minimum absolute atomic E-state index is 0. The summed E-state index contributed by atoms with van der Waals surface area (Å²) in [4.78, 5) is 84.4. The van der Waals surface area contributed by atoms with Crippen molar-refractivity contribution in [3.05, 3.63) is 172 Å². The molecule has 0 saturated heterocycles. The molecule has 0 spiro atoms. The van der Waals surface area contributed by atoms with Crippen LogP contribution in [0.2, 0.25) is 0 Å². The van der Waals surface area contributed by atoms with Crippen molar-refractivity contribution >= 4 is 56.4 Å². The molecule has 2 aliphatic heterocycles. The quantitative estimate of drug-likeness (QED) is 0.0571. The Labute approximate surface area is 474 Å². The van der Waals surface area contributed by atoms with Gasteiger partial charge in [0.25, 0.3) is 0 Å². The van der Waals surface area contributed by atoms with E-state index < -0.39 is 23.0 Å². The van der Waals surface area contributed by atoms with E-state index in [-0.39, 0.29) is 71.3 Å². The highest BCUT2D eigenvalue weighted by atomic mass is 16.7. The monoisotopic (exact) mass is 1100 g/mol. The van der Waals surface area contributed by atoms with Crippen molar-refractivity contribution in [3.8, 4) is 11.5 Å². The molecule has 14 nitrogen and oxygen atoms in total. The van der Waals surface area contributed by atoms with Gasteiger partial charge >= 0.3 is 0 Å². The van der Waals surface area contributed by atoms with Crippen molar-refractivity contribution in [3.63, 3.8) is 0 Å². The Balaban J connectivity index is 0.000000224. The Morgan fingerprint density at radius 3 is 1.42 bits per heavy atom. The van der Waals surface area contributed by atoms with Crippen LogP contribution in [-0.4, -0.2) is 89.2 Å². The topological polar surface area (TPSA) is 240 Å². The van der Waals surface area contributed by atoms with E-state index in [1.807, 2.05) is 69.2 Å². The number of Topliss-reactive ketones (excluding diaryl/α,β-unsaturated/α-hetero) is 1. The number of aromatic nitrogens is 2. The number of hydrogen-bond acceptors (Lipinski definition) is 12. The highest BCUT2D eigenvalue weighted by molar-refractivity contribution is 6.26. The number of aliphatic hydroxyl groups is 2. The lowest BCUT2D eigenvalue weighted by Gasteiger charge is -2.41. The maximum Gasteiger partial charge on any atom is 0.186 e. The number of aromatic amines is 2. The first-order valence-electron chi connectivity index (χ1n) is 27.6. The number of nitrogens with one attached hydrogen (secondary N) is 2. The number of aliphatic imine (C=N–C) groups is 2. The third-order valence-electron chi connectivity index (χ3n) is 16.9. The van der Waals surface area contributed by atoms with E-state index in [4.69, 9.17) is 19.9 Å². The zero-order valence-electron chi connectivity index (χ0n) is 48.4. The second-order valence-corrected chi connectivity index (χ2v) is 23.5. The summed E-state index contributed by atoms with van der Waals surface area (Å²) in [6, 6.07) is 14.1. The summed E-state index contributed by atoms with van der Waals surface area (Å²) >= 11 is 0. The number of allylic oxidation sites excluding steroid dienone is 7. The molecule has 0 fully saturated rings. The molecule has 2 aromatic heterocycles. The standard InChI is InChI=1S/C33H38N2O4.C33H36N2O4.CH4.O2/c2*1-16(2)23-14-26(36)20(7)28(32(23)38)29(33(39)15-24(17(3)4)27(37)13-19(33)6)31-30-22(10-11-34-31)21-9-8-18(5)12-25(21)35-30;;1-2/h8-9,12-17,29,35-36,38-39H,10-11H2,1-7H3;8-9,12-17,29,35,39H,10-11H2,1-7H3;1H4;. The van der Waals surface area contributed by atoms with Crippen LogP contribution in [0.1, 0.15) is 146 Å². The van der Waals surface area contributed by atoms with Crippen LogP contribution in [0, 0.1) is 54.4 Å². The number of aromatic hydroxyl groups is 2. The van der Waals surface area contributed by atoms with E-state index in [1.54, 1.807) is 45.9 Å². The van der Waals surface area contributed by atoms with Crippen molar-refractivity contribution in [2.45, 2.75) is 140 Å². The fraction of sp³-hybridized carbons (Fsp3) is 0.403. The Morgan fingerprint density at radius 1 is 0.556 bits per heavy atom. The van der Waals surface area contributed by atoms with Gasteiger partial charge in [-0.25, -0.2) is 0 Å². The van der Waals surface area contributed by atoms with Gasteiger partial charge in [-0.2, -0.15) is 0 Å². The number of ketones is 4. The van der Waals surface area contributed by atoms with E-state index >= 15 is 0 Å². The highest BCUT2D eigenvalue weighted by Crippen LogP contribution is 2.51. The Kier molecular flexibility index (Phi) is 17.3. The van der Waals surface area contributed by atoms with Crippen LogP contribution >= 0.6 is 0 Å². The molecule has 426 valence electrons. The van der Waals surface area contributed by atoms with Crippen LogP contribution in [0.4, 0.5) is 0 Å². The van der Waals surface area contributed by atoms with Crippen molar-refractivity contribution < 1.29 is 39.6 Å². The van der Waals surface area contributed by atoms with E-state index in [2.05, 4.69) is 46.4 Å². The third kappa shape index (κ3) is 10.5. The second kappa shape index (κ2) is 23.1. The van der Waals surface area contributed by atoms with E-state index in [9.17, 15) is 39.6 Å². The third-order valence-corrected chi connectivity index (χ3v) is 16.9. The molecule has 81 heavy (non-hydrogen) atoms. The molecule has 4 heterocycles. The van der Waals surface area contributed by atoms with Crippen molar-refractivity contribution in [2.24, 2.45) is 33.7 Å². The number of phenolic OH excluding ortho intramolecular Hbond substituents is 2. The zero-order valence-corrected chi connectivity index (χ0v) is 48.4. The normalized spacial score (nSPS) is 20.8. The summed E-state index contributed by atoms with van der Waals surface area (Å²) in [5.41, 5.74) is 10.0. The van der Waals surface area contributed by atoms with Crippen LogP contribution in [0.5, 0.6) is 11.5 Å². The molecule has 3 aliphatic carbocycles. The minimum atomic E-state index is -1.74. The van der Waals surface area contributed by atoms with Crippen LogP contribution in [0.25, 0.3) is 21.8 Å². The fourth-order valence-electron chi connectivity index (χ4n) is 12.3. The Bertz CT molecular complexity index is 3710. The lowest BCUT2D eigenvalue weighted by molar-refractivity contribution is -0.117. The van der Waals surface area contributed by atoms with Crippen LogP contribution in [0.3, 0.4) is 0 Å². The number of nitrogens with zero attached hydrogens (tertiary/aromatic N) is 2. The van der Waals surface area contributed by atoms with Gasteiger partial charge in [-0.15, -0.1) is 0 Å². The van der Waals surface area contributed by atoms with Gasteiger partial charge in [0.15, 0.2) is 23.1 Å². The van der Waals surface area contributed by atoms with Crippen molar-refractivity contribution in [1.29, 1.82) is 0 Å². The number of phenols is 2. The molecule has 4 atom stereocenters. The summed E-state index contributed by atoms with van der Waals surface area (Å²) < 4.78 is 0. The van der Waals surface area contributed by atoms with Gasteiger partial charge in [0.1, 0.15) is 22.7 Å². The first-order chi connectivity index (χ1) is 37.7. The van der Waals surface area contributed by atoms with E-state index in [0.29, 0.717) is 74.6 Å². The average Bonchev–Trinajstić information content (AvgIpc) is 3.97. The number of aryl methyl sites for hydroxylation is 2. The molecule has 5 aliphatic rings. The maximum absolute atomic E-state index is 14.1. The molecule has 0 bridgehead atoms. The Hall–Kier alpha value is -7.68. The van der Waals surface area contributed by atoms with Gasteiger partial charge in [0.05, 0.1) is 34.6 Å². The van der Waals surface area contributed by atoms with Crippen LogP contribution in [0.15, 0.2) is 122 Å². The number of fused-ring (bicyclic) bond motifs is 6. The van der Waals surface area contributed by atoms with Crippen LogP contribution in [-0.2, 0) is 32.0 Å². The summed E-state index contributed by atoms with van der Waals surface area (Å²) in [5.74, 6) is -3.07. The van der Waals surface area contributed by atoms with Gasteiger partial charge in [0.2, 0.25) is 0 Å². The molecule has 3 aromatic carbocycles. The molecule has 6 N–H and O–H groups in total. The largest absolute Gasteiger partial charge is 0.508 e. The van der Waals surface area contributed by atoms with Crippen molar-refractivity contribution in [2.75, 3.05) is 13.1 Å². The zero-order chi connectivity index (χ0) is 58.8. The number of carbonyl (C=O) groups is 4. The van der Waals surface area contributed by atoms with Gasteiger partial charge in [-0.05, 0) is 166 Å². The predicted octanol–water partition coefficient (Wildman–Crippen LogP) is 12.3. The molecule has 4 unspecified atom stereocenters. The number of hydrogen-bond donors (Lipinski definition) is 6. The Morgan fingerprint density at radius 2 is 0.988 bits per heavy atom. The van der Waals surface area contributed by atoms with Gasteiger partial charge in [-0.1, -0.05) is 87.1 Å². The number of H-pyrrole nitrogens is 2. The van der Waals surface area contributed by atoms with Crippen LogP contribution < -0.4 is 0 Å². The molecule has 5 aromatic rings. The summed E-state index contributed by atoms with van der Waals surface area (Å²) in [5, 5.41) is 50.3.